The van der Waals surface area contributed by atoms with Gasteiger partial charge < -0.3 is 20.4 Å². The van der Waals surface area contributed by atoms with Crippen molar-refractivity contribution >= 4 is 39.2 Å². The molecule has 4 aliphatic rings. The van der Waals surface area contributed by atoms with Gasteiger partial charge in [-0.1, -0.05) is 44.6 Å². The Hall–Kier alpha value is -2.39. The normalized spacial score (nSPS) is 23.5. The van der Waals surface area contributed by atoms with E-state index in [1.54, 1.807) is 4.90 Å². The van der Waals surface area contributed by atoms with Crippen molar-refractivity contribution in [3.63, 3.8) is 0 Å². The van der Waals surface area contributed by atoms with Gasteiger partial charge >= 0.3 is 12.2 Å². The summed E-state index contributed by atoms with van der Waals surface area (Å²) in [6.45, 7) is 0.528. The summed E-state index contributed by atoms with van der Waals surface area (Å²) in [4.78, 5) is 46.0. The minimum Gasteiger partial charge on any atom is -0.351 e. The van der Waals surface area contributed by atoms with E-state index < -0.39 is 34.7 Å². The van der Waals surface area contributed by atoms with Gasteiger partial charge in [0.05, 0.1) is 18.7 Å². The van der Waals surface area contributed by atoms with Crippen molar-refractivity contribution in [2.45, 2.75) is 109 Å². The van der Waals surface area contributed by atoms with Crippen LogP contribution in [0.2, 0.25) is 0 Å². The molecule has 10 nitrogen and oxygen atoms in total. The lowest BCUT2D eigenvalue weighted by Gasteiger charge is -2.41. The Kier molecular flexibility index (Phi) is 13.2. The first-order valence-corrected chi connectivity index (χ1v) is 21.1. The minimum atomic E-state index is -4.64. The second kappa shape index (κ2) is 17.0. The lowest BCUT2D eigenvalue weighted by molar-refractivity contribution is -0.141. The van der Waals surface area contributed by atoms with Crippen molar-refractivity contribution < 1.29 is 36.0 Å². The molecule has 1 aromatic heterocycles. The van der Waals surface area contributed by atoms with Crippen LogP contribution in [-0.4, -0.2) is 98.1 Å². The molecule has 2 N–H and O–H groups in total. The number of piperidine rings is 2. The van der Waals surface area contributed by atoms with Crippen LogP contribution >= 0.6 is 11.3 Å². The Morgan fingerprint density at radius 3 is 2.36 bits per heavy atom. The average molecular weight is 746 g/mol. The van der Waals surface area contributed by atoms with Gasteiger partial charge in [-0.15, -0.1) is 11.3 Å². The van der Waals surface area contributed by atoms with Gasteiger partial charge in [-0.25, -0.2) is 13.2 Å². The molecule has 1 spiro atoms. The second-order valence-corrected chi connectivity index (χ2v) is 18.2. The third-order valence-electron chi connectivity index (χ3n) is 11.4. The quantitative estimate of drug-likeness (QED) is 0.236. The van der Waals surface area contributed by atoms with Crippen LogP contribution < -0.4 is 10.6 Å². The third-order valence-corrected chi connectivity index (χ3v) is 13.5. The van der Waals surface area contributed by atoms with Crippen molar-refractivity contribution in [3.8, 4) is 0 Å². The number of nitrogens with one attached hydrogen (secondary N) is 2. The summed E-state index contributed by atoms with van der Waals surface area (Å²) in [5, 5.41) is 8.12. The fraction of sp³-hybridized carbons (Fsp3) is 0.800. The molecule has 4 amide bonds. The summed E-state index contributed by atoms with van der Waals surface area (Å²) in [5.41, 5.74) is 0.428. The first-order valence-electron chi connectivity index (χ1n) is 18.4. The summed E-state index contributed by atoms with van der Waals surface area (Å²) in [6, 6.07) is 3.27. The number of hydrogen-bond donors (Lipinski definition) is 2. The van der Waals surface area contributed by atoms with Gasteiger partial charge in [-0.05, 0) is 74.1 Å². The number of hydrogen-bond acceptors (Lipinski definition) is 6. The zero-order chi connectivity index (χ0) is 35.9. The average Bonchev–Trinajstić information content (AvgIpc) is 3.60. The number of thiophene rings is 1. The summed E-state index contributed by atoms with van der Waals surface area (Å²) in [6.07, 6.45) is 8.18. The molecule has 0 unspecified atom stereocenters. The summed E-state index contributed by atoms with van der Waals surface area (Å²) >= 11 is 1.54. The Balaban J connectivity index is 1.24. The van der Waals surface area contributed by atoms with Crippen LogP contribution in [0, 0.1) is 23.2 Å². The van der Waals surface area contributed by atoms with Crippen molar-refractivity contribution in [3.05, 3.63) is 22.4 Å². The van der Waals surface area contributed by atoms with Crippen molar-refractivity contribution in [1.29, 1.82) is 0 Å². The largest absolute Gasteiger partial charge is 0.402 e. The van der Waals surface area contributed by atoms with E-state index in [2.05, 4.69) is 10.6 Å². The highest BCUT2D eigenvalue weighted by Gasteiger charge is 2.46. The van der Waals surface area contributed by atoms with Gasteiger partial charge in [0.2, 0.25) is 21.8 Å². The van der Waals surface area contributed by atoms with E-state index in [0.29, 0.717) is 67.5 Å². The Morgan fingerprint density at radius 2 is 1.74 bits per heavy atom. The van der Waals surface area contributed by atoms with Gasteiger partial charge in [0.25, 0.3) is 0 Å². The lowest BCUT2D eigenvalue weighted by atomic mass is 9.80. The molecule has 2 aliphatic carbocycles. The van der Waals surface area contributed by atoms with Gasteiger partial charge in [0.1, 0.15) is 6.54 Å². The van der Waals surface area contributed by atoms with Crippen LogP contribution in [0.5, 0.6) is 0 Å². The molecule has 282 valence electrons. The molecule has 3 heterocycles. The van der Waals surface area contributed by atoms with Crippen LogP contribution in [0.3, 0.4) is 0 Å². The van der Waals surface area contributed by atoms with Crippen LogP contribution in [-0.2, 0) is 26.2 Å². The molecule has 1 aromatic rings. The molecule has 2 aliphatic heterocycles. The van der Waals surface area contributed by atoms with Crippen LogP contribution in [0.15, 0.2) is 17.5 Å². The Morgan fingerprint density at radius 1 is 1.02 bits per heavy atom. The SMILES string of the molecule is CS(=O)(=O)N(CCCC[C@@H](CC1CCCCC1)C(=O)N1CC[C@@H](NC(=O)N2CCC3(CC2)CC3)[C@@H](C(=O)NCc2cccs2)C1)CC(F)(F)F. The number of unbranched alkanes of at least 4 members (excludes halogenated alkanes) is 1. The predicted molar refractivity (Wildman–Crippen MR) is 187 cm³/mol. The Labute approximate surface area is 298 Å². The smallest absolute Gasteiger partial charge is 0.351 e. The van der Waals surface area contributed by atoms with Gasteiger partial charge in [-0.2, -0.15) is 17.5 Å². The van der Waals surface area contributed by atoms with Crippen molar-refractivity contribution in [2.75, 3.05) is 45.5 Å². The zero-order valence-corrected chi connectivity index (χ0v) is 30.9. The molecule has 15 heteroatoms. The molecule has 0 bridgehead atoms. The molecule has 0 radical (unpaired) electrons. The summed E-state index contributed by atoms with van der Waals surface area (Å²) in [7, 11) is -4.04. The number of urea groups is 1. The van der Waals surface area contributed by atoms with E-state index in [4.69, 9.17) is 0 Å². The van der Waals surface area contributed by atoms with E-state index in [1.165, 1.54) is 24.2 Å². The summed E-state index contributed by atoms with van der Waals surface area (Å²) in [5.74, 6) is -0.936. The first kappa shape index (κ1) is 38.8. The van der Waals surface area contributed by atoms with E-state index in [1.807, 2.05) is 22.4 Å². The monoisotopic (exact) mass is 745 g/mol. The third kappa shape index (κ3) is 11.3. The van der Waals surface area contributed by atoms with E-state index in [0.717, 1.165) is 56.1 Å². The van der Waals surface area contributed by atoms with E-state index in [-0.39, 0.29) is 43.3 Å². The molecule has 3 atom stereocenters. The van der Waals surface area contributed by atoms with Gasteiger partial charge in [0.15, 0.2) is 0 Å². The maximum atomic E-state index is 14.2. The van der Waals surface area contributed by atoms with Crippen molar-refractivity contribution in [2.24, 2.45) is 23.2 Å². The van der Waals surface area contributed by atoms with E-state index in [9.17, 15) is 36.0 Å². The highest BCUT2D eigenvalue weighted by atomic mass is 32.2. The van der Waals surface area contributed by atoms with Crippen LogP contribution in [0.4, 0.5) is 18.0 Å². The number of nitrogens with zero attached hydrogens (tertiary/aromatic N) is 3. The number of alkyl halides is 3. The van der Waals surface area contributed by atoms with Crippen LogP contribution in [0.25, 0.3) is 0 Å². The highest BCUT2D eigenvalue weighted by Crippen LogP contribution is 2.53. The number of carbonyl (C=O) groups is 3. The topological polar surface area (TPSA) is 119 Å². The predicted octanol–water partition coefficient (Wildman–Crippen LogP) is 5.75. The molecule has 0 aromatic carbocycles. The summed E-state index contributed by atoms with van der Waals surface area (Å²) < 4.78 is 63.7. The number of likely N-dealkylation sites (tertiary alicyclic amines) is 2. The minimum absolute atomic E-state index is 0.0718. The fourth-order valence-electron chi connectivity index (χ4n) is 8.09. The van der Waals surface area contributed by atoms with Gasteiger partial charge in [-0.3, -0.25) is 9.59 Å². The second-order valence-electron chi connectivity index (χ2n) is 15.2. The van der Waals surface area contributed by atoms with Crippen LogP contribution in [0.1, 0.15) is 94.8 Å². The molecular weight excluding hydrogens is 692 g/mol. The standard InChI is InChI=1S/C35H54F3N5O5S2/c1-50(47,48)43(25-35(36,37)38)17-6-5-10-27(22-26-8-3-2-4-9-26)32(45)42-18-12-30(29(24-42)31(44)39-23-28-11-7-21-49-28)40-33(46)41-19-15-34(13-14-34)16-20-41/h7,11,21,26-27,29-30H,2-6,8-10,12-20,22-25H2,1H3,(H,39,44)(H,40,46)/t27-,29-,30+/m0/s1. The molecule has 2 saturated heterocycles. The molecular formula is C35H54F3N5O5S2. The van der Waals surface area contributed by atoms with Gasteiger partial charge in [0, 0.05) is 49.6 Å². The first-order chi connectivity index (χ1) is 23.7. The molecule has 4 fully saturated rings. The number of sulfonamides is 1. The lowest BCUT2D eigenvalue weighted by Crippen LogP contribution is -2.59. The number of carbonyl (C=O) groups excluding carboxylic acids is 3. The van der Waals surface area contributed by atoms with Crippen molar-refractivity contribution in [1.82, 2.24) is 24.7 Å². The number of amides is 4. The maximum absolute atomic E-state index is 14.2. The molecule has 2 saturated carbocycles. The van der Waals surface area contributed by atoms with E-state index >= 15 is 0 Å². The number of rotatable bonds is 14. The molecule has 5 rings (SSSR count). The fourth-order valence-corrected chi connectivity index (χ4v) is 9.57. The maximum Gasteiger partial charge on any atom is 0.402 e. The highest BCUT2D eigenvalue weighted by molar-refractivity contribution is 7.88. The Bertz CT molecular complexity index is 1390. The zero-order valence-electron chi connectivity index (χ0n) is 29.2. The number of halogens is 3. The molecule has 50 heavy (non-hydrogen) atoms.